The average Bonchev–Trinajstić information content (AvgIpc) is 3.38. The molecule has 0 aliphatic heterocycles. The van der Waals surface area contributed by atoms with Gasteiger partial charge >= 0.3 is 5.97 Å². The van der Waals surface area contributed by atoms with Crippen LogP contribution in [0.2, 0.25) is 0 Å². The van der Waals surface area contributed by atoms with Gasteiger partial charge in [-0.15, -0.1) is 0 Å². The second-order valence-corrected chi connectivity index (χ2v) is 9.88. The van der Waals surface area contributed by atoms with Crippen LogP contribution < -0.4 is 4.74 Å². The molecule has 0 radical (unpaired) electrons. The van der Waals surface area contributed by atoms with Crippen LogP contribution in [-0.4, -0.2) is 17.7 Å². The van der Waals surface area contributed by atoms with Crippen LogP contribution in [0, 0.1) is 29.0 Å². The van der Waals surface area contributed by atoms with Crippen molar-refractivity contribution in [1.29, 1.82) is 0 Å². The summed E-state index contributed by atoms with van der Waals surface area (Å²) in [6, 6.07) is 3.16. The third-order valence-corrected chi connectivity index (χ3v) is 6.81. The van der Waals surface area contributed by atoms with Gasteiger partial charge in [0, 0.05) is 11.5 Å². The van der Waals surface area contributed by atoms with Crippen LogP contribution in [0.15, 0.2) is 12.1 Å². The van der Waals surface area contributed by atoms with Crippen molar-refractivity contribution >= 4 is 5.97 Å². The number of hydrogen-bond donors (Lipinski definition) is 1. The number of aliphatic carboxylic acids is 1. The van der Waals surface area contributed by atoms with E-state index in [1.54, 1.807) is 6.07 Å². The van der Waals surface area contributed by atoms with Crippen molar-refractivity contribution in [2.24, 2.45) is 23.2 Å². The van der Waals surface area contributed by atoms with Crippen LogP contribution in [-0.2, 0) is 11.2 Å². The molecule has 0 saturated heterocycles. The van der Waals surface area contributed by atoms with Gasteiger partial charge in [0.05, 0.1) is 13.0 Å². The molecule has 3 fully saturated rings. The Morgan fingerprint density at radius 2 is 1.89 bits per heavy atom. The quantitative estimate of drug-likeness (QED) is 0.709. The Hall–Kier alpha value is -1.58. The molecule has 0 amide bonds. The normalized spacial score (nSPS) is 32.9. The van der Waals surface area contributed by atoms with Crippen LogP contribution in [0.4, 0.5) is 4.39 Å². The molecule has 148 valence electrons. The smallest absolute Gasteiger partial charge is 0.307 e. The third-order valence-electron chi connectivity index (χ3n) is 6.81. The zero-order valence-corrected chi connectivity index (χ0v) is 16.5. The first-order valence-corrected chi connectivity index (χ1v) is 10.5. The fourth-order valence-electron chi connectivity index (χ4n) is 5.83. The molecular weight excluding hydrogens is 343 g/mol. The molecule has 2 bridgehead atoms. The summed E-state index contributed by atoms with van der Waals surface area (Å²) in [5.41, 5.74) is 1.43. The molecule has 1 N–H and O–H groups in total. The molecule has 4 rings (SSSR count). The van der Waals surface area contributed by atoms with Crippen molar-refractivity contribution in [1.82, 2.24) is 0 Å². The van der Waals surface area contributed by atoms with E-state index in [9.17, 15) is 9.18 Å². The molecule has 0 heterocycles. The Balaban J connectivity index is 1.49. The van der Waals surface area contributed by atoms with Crippen LogP contribution in [0.5, 0.6) is 5.75 Å². The topological polar surface area (TPSA) is 46.5 Å². The zero-order chi connectivity index (χ0) is 19.2. The van der Waals surface area contributed by atoms with Crippen molar-refractivity contribution in [2.45, 2.75) is 71.1 Å². The van der Waals surface area contributed by atoms with Gasteiger partial charge in [0.25, 0.3) is 0 Å². The molecule has 0 aromatic heterocycles. The molecule has 3 nitrogen and oxygen atoms in total. The van der Waals surface area contributed by atoms with E-state index in [2.05, 4.69) is 13.8 Å². The van der Waals surface area contributed by atoms with Gasteiger partial charge < -0.3 is 9.84 Å². The summed E-state index contributed by atoms with van der Waals surface area (Å²) in [5, 5.41) is 9.01. The lowest BCUT2D eigenvalue weighted by atomic mass is 9.60. The maximum absolute atomic E-state index is 14.4. The van der Waals surface area contributed by atoms with Gasteiger partial charge in [-0.05, 0) is 85.8 Å². The summed E-state index contributed by atoms with van der Waals surface area (Å²) in [7, 11) is 0. The molecule has 1 aromatic rings. The lowest BCUT2D eigenvalue weighted by Crippen LogP contribution is -2.39. The highest BCUT2D eigenvalue weighted by Crippen LogP contribution is 2.51. The number of hydrogen-bond acceptors (Lipinski definition) is 2. The summed E-state index contributed by atoms with van der Waals surface area (Å²) >= 11 is 0. The number of benzene rings is 1. The van der Waals surface area contributed by atoms with Crippen LogP contribution in [0.25, 0.3) is 0 Å². The van der Waals surface area contributed by atoms with Crippen molar-refractivity contribution in [3.63, 3.8) is 0 Å². The van der Waals surface area contributed by atoms with Gasteiger partial charge in [0.2, 0.25) is 0 Å². The van der Waals surface area contributed by atoms with E-state index in [4.69, 9.17) is 9.84 Å². The molecule has 3 saturated carbocycles. The van der Waals surface area contributed by atoms with Crippen molar-refractivity contribution in [2.75, 3.05) is 6.61 Å². The SMILES string of the molecule is CC1CC2CC(C1)CC(C)(COc1cc(F)c(CC(=O)O)cc1C1CC1)C2. The summed E-state index contributed by atoms with van der Waals surface area (Å²) in [5.74, 6) is 2.02. The Morgan fingerprint density at radius 1 is 1.22 bits per heavy atom. The number of carboxylic acids is 1. The number of carboxylic acid groups (broad SMARTS) is 1. The molecule has 2 unspecified atom stereocenters. The van der Waals surface area contributed by atoms with E-state index in [0.717, 1.165) is 36.2 Å². The number of fused-ring (bicyclic) bond motifs is 2. The number of rotatable bonds is 6. The summed E-state index contributed by atoms with van der Waals surface area (Å²) in [6.45, 7) is 5.33. The lowest BCUT2D eigenvalue weighted by Gasteiger charge is -2.47. The van der Waals surface area contributed by atoms with Crippen molar-refractivity contribution < 1.29 is 19.0 Å². The maximum atomic E-state index is 14.4. The number of halogens is 1. The number of carbonyl (C=O) groups is 1. The van der Waals surface area contributed by atoms with E-state index < -0.39 is 11.8 Å². The molecule has 2 atom stereocenters. The second-order valence-electron chi connectivity index (χ2n) is 9.88. The number of ether oxygens (including phenoxy) is 1. The molecule has 4 heteroatoms. The van der Waals surface area contributed by atoms with Gasteiger partial charge in [-0.1, -0.05) is 13.8 Å². The Labute approximate surface area is 161 Å². The predicted octanol–water partition coefficient (Wildman–Crippen LogP) is 5.56. The Morgan fingerprint density at radius 3 is 2.48 bits per heavy atom. The van der Waals surface area contributed by atoms with Crippen LogP contribution in [0.1, 0.15) is 75.8 Å². The standard InChI is InChI=1S/C23H31FO3/c1-14-5-15-7-16(6-14)12-23(2,11-15)13-27-21-10-20(24)18(9-22(25)26)8-19(21)17-3-4-17/h8,10,14-17H,3-7,9,11-13H2,1-2H3,(H,25,26). The van der Waals surface area contributed by atoms with E-state index in [1.165, 1.54) is 38.2 Å². The third kappa shape index (κ3) is 4.30. The molecule has 0 spiro atoms. The van der Waals surface area contributed by atoms with Gasteiger partial charge in [-0.3, -0.25) is 4.79 Å². The summed E-state index contributed by atoms with van der Waals surface area (Å²) in [4.78, 5) is 11.0. The minimum absolute atomic E-state index is 0.157. The second kappa shape index (κ2) is 7.10. The first-order valence-electron chi connectivity index (χ1n) is 10.5. The molecular formula is C23H31FO3. The molecule has 3 aliphatic rings. The predicted molar refractivity (Wildman–Crippen MR) is 103 cm³/mol. The fourth-order valence-corrected chi connectivity index (χ4v) is 5.83. The first-order chi connectivity index (χ1) is 12.8. The van der Waals surface area contributed by atoms with Gasteiger partial charge in [0.1, 0.15) is 11.6 Å². The summed E-state index contributed by atoms with van der Waals surface area (Å²) < 4.78 is 20.6. The molecule has 3 aliphatic carbocycles. The summed E-state index contributed by atoms with van der Waals surface area (Å²) in [6.07, 6.45) is 8.31. The minimum atomic E-state index is -1.00. The highest BCUT2D eigenvalue weighted by atomic mass is 19.1. The molecule has 27 heavy (non-hydrogen) atoms. The van der Waals surface area contributed by atoms with E-state index in [-0.39, 0.29) is 17.4 Å². The highest BCUT2D eigenvalue weighted by molar-refractivity contribution is 5.70. The molecule has 1 aromatic carbocycles. The monoisotopic (exact) mass is 374 g/mol. The first kappa shape index (κ1) is 18.8. The highest BCUT2D eigenvalue weighted by Gasteiger charge is 2.41. The largest absolute Gasteiger partial charge is 0.493 e. The zero-order valence-electron chi connectivity index (χ0n) is 16.5. The Bertz CT molecular complexity index is 707. The lowest BCUT2D eigenvalue weighted by molar-refractivity contribution is -0.136. The fraction of sp³-hybridized carbons (Fsp3) is 0.696. The van der Waals surface area contributed by atoms with Gasteiger partial charge in [-0.2, -0.15) is 0 Å². The van der Waals surface area contributed by atoms with Crippen molar-refractivity contribution in [3.8, 4) is 5.75 Å². The Kier molecular flexibility index (Phi) is 4.94. The van der Waals surface area contributed by atoms with E-state index in [1.807, 2.05) is 0 Å². The van der Waals surface area contributed by atoms with Gasteiger partial charge in [-0.25, -0.2) is 4.39 Å². The van der Waals surface area contributed by atoms with Crippen molar-refractivity contribution in [3.05, 3.63) is 29.1 Å². The van der Waals surface area contributed by atoms with E-state index in [0.29, 0.717) is 18.3 Å². The average molecular weight is 374 g/mol. The van der Waals surface area contributed by atoms with Gasteiger partial charge in [0.15, 0.2) is 0 Å². The van der Waals surface area contributed by atoms with Crippen LogP contribution >= 0.6 is 0 Å². The van der Waals surface area contributed by atoms with E-state index >= 15 is 0 Å². The minimum Gasteiger partial charge on any atom is -0.493 e. The van der Waals surface area contributed by atoms with Crippen LogP contribution in [0.3, 0.4) is 0 Å². The maximum Gasteiger partial charge on any atom is 0.307 e.